The molecule has 1 saturated carbocycles. The maximum Gasteiger partial charge on any atom is 0.256 e. The van der Waals surface area contributed by atoms with Gasteiger partial charge in [0.2, 0.25) is 5.95 Å². The standard InChI is InChI=1S/C26H30N6O/c1-18-6-7-20(13-19(18)2)14-28-23-22(24(33)29-15-21-5-3-4-11-27-21)16-30-25(31-23)32-12-10-26(17-32)8-9-26/h3-7,11,13,16H,8-10,12,14-15,17H2,1-2H3,(H,29,33)(H,28,30,31). The predicted octanol–water partition coefficient (Wildman–Crippen LogP) is 4.02. The molecule has 33 heavy (non-hydrogen) atoms. The van der Waals surface area contributed by atoms with Crippen molar-refractivity contribution in [3.05, 3.63) is 76.7 Å². The minimum atomic E-state index is -0.213. The third kappa shape index (κ3) is 4.82. The summed E-state index contributed by atoms with van der Waals surface area (Å²) in [7, 11) is 0. The Bertz CT molecular complexity index is 1160. The monoisotopic (exact) mass is 442 g/mol. The van der Waals surface area contributed by atoms with E-state index in [-0.39, 0.29) is 5.91 Å². The SMILES string of the molecule is Cc1ccc(CNc2nc(N3CCC4(CC4)C3)ncc2C(=O)NCc2ccccn2)cc1C. The molecule has 1 aliphatic heterocycles. The van der Waals surface area contributed by atoms with Crippen LogP contribution in [0.1, 0.15) is 52.0 Å². The molecule has 5 rings (SSSR count). The Balaban J connectivity index is 1.36. The zero-order chi connectivity index (χ0) is 22.8. The fourth-order valence-electron chi connectivity index (χ4n) is 4.38. The van der Waals surface area contributed by atoms with Gasteiger partial charge in [0.1, 0.15) is 11.4 Å². The Kier molecular flexibility index (Phi) is 5.70. The van der Waals surface area contributed by atoms with Crippen molar-refractivity contribution in [1.82, 2.24) is 20.3 Å². The van der Waals surface area contributed by atoms with Gasteiger partial charge in [-0.25, -0.2) is 4.98 Å². The summed E-state index contributed by atoms with van der Waals surface area (Å²) in [6, 6.07) is 12.1. The number of benzene rings is 1. The first-order valence-corrected chi connectivity index (χ1v) is 11.6. The molecule has 1 aliphatic carbocycles. The van der Waals surface area contributed by atoms with E-state index in [1.54, 1.807) is 12.4 Å². The highest BCUT2D eigenvalue weighted by atomic mass is 16.1. The quantitative estimate of drug-likeness (QED) is 0.575. The number of hydrogen-bond acceptors (Lipinski definition) is 6. The summed E-state index contributed by atoms with van der Waals surface area (Å²) in [5.41, 5.74) is 5.39. The molecular formula is C26H30N6O. The Hall–Kier alpha value is -3.48. The number of carbonyl (C=O) groups is 1. The van der Waals surface area contributed by atoms with Crippen molar-refractivity contribution in [1.29, 1.82) is 0 Å². The maximum absolute atomic E-state index is 13.0. The molecule has 1 aromatic carbocycles. The van der Waals surface area contributed by atoms with Crippen LogP contribution in [0.25, 0.3) is 0 Å². The first-order valence-electron chi connectivity index (χ1n) is 11.6. The number of pyridine rings is 1. The molecule has 170 valence electrons. The topological polar surface area (TPSA) is 83.0 Å². The van der Waals surface area contributed by atoms with Crippen molar-refractivity contribution < 1.29 is 4.79 Å². The van der Waals surface area contributed by atoms with Crippen molar-refractivity contribution in [2.24, 2.45) is 5.41 Å². The normalized spacial score (nSPS) is 16.1. The van der Waals surface area contributed by atoms with Gasteiger partial charge in [0, 0.05) is 32.0 Å². The largest absolute Gasteiger partial charge is 0.365 e. The molecule has 2 N–H and O–H groups in total. The van der Waals surface area contributed by atoms with Gasteiger partial charge in [0.05, 0.1) is 12.2 Å². The van der Waals surface area contributed by atoms with Gasteiger partial charge in [-0.1, -0.05) is 24.3 Å². The summed E-state index contributed by atoms with van der Waals surface area (Å²) in [6.45, 7) is 7.14. The van der Waals surface area contributed by atoms with E-state index < -0.39 is 0 Å². The van der Waals surface area contributed by atoms with Crippen LogP contribution in [0.15, 0.2) is 48.8 Å². The lowest BCUT2D eigenvalue weighted by atomic mass is 10.1. The number of nitrogens with zero attached hydrogens (tertiary/aromatic N) is 4. The lowest BCUT2D eigenvalue weighted by Crippen LogP contribution is -2.27. The van der Waals surface area contributed by atoms with Crippen LogP contribution in [-0.4, -0.2) is 33.9 Å². The average molecular weight is 443 g/mol. The van der Waals surface area contributed by atoms with E-state index in [2.05, 4.69) is 57.5 Å². The lowest BCUT2D eigenvalue weighted by molar-refractivity contribution is 0.0950. The van der Waals surface area contributed by atoms with Crippen LogP contribution in [0.3, 0.4) is 0 Å². The van der Waals surface area contributed by atoms with Gasteiger partial charge >= 0.3 is 0 Å². The third-order valence-electron chi connectivity index (χ3n) is 6.89. The molecule has 7 nitrogen and oxygen atoms in total. The van der Waals surface area contributed by atoms with E-state index in [4.69, 9.17) is 4.98 Å². The van der Waals surface area contributed by atoms with Gasteiger partial charge in [-0.05, 0) is 67.3 Å². The molecule has 1 amide bonds. The molecular weight excluding hydrogens is 412 g/mol. The zero-order valence-corrected chi connectivity index (χ0v) is 19.3. The van der Waals surface area contributed by atoms with E-state index >= 15 is 0 Å². The third-order valence-corrected chi connectivity index (χ3v) is 6.89. The molecule has 0 radical (unpaired) electrons. The highest BCUT2D eigenvalue weighted by Crippen LogP contribution is 2.53. The zero-order valence-electron chi connectivity index (χ0n) is 19.3. The Labute approximate surface area is 194 Å². The molecule has 0 bridgehead atoms. The molecule has 7 heteroatoms. The summed E-state index contributed by atoms with van der Waals surface area (Å²) < 4.78 is 0. The summed E-state index contributed by atoms with van der Waals surface area (Å²) >= 11 is 0. The van der Waals surface area contributed by atoms with Crippen molar-refractivity contribution >= 4 is 17.7 Å². The first kappa shape index (κ1) is 21.4. The fraction of sp³-hybridized carbons (Fsp3) is 0.385. The average Bonchev–Trinajstić information content (AvgIpc) is 3.47. The Morgan fingerprint density at radius 2 is 1.94 bits per heavy atom. The smallest absolute Gasteiger partial charge is 0.256 e. The minimum Gasteiger partial charge on any atom is -0.365 e. The van der Waals surface area contributed by atoms with Crippen LogP contribution in [0.4, 0.5) is 11.8 Å². The minimum absolute atomic E-state index is 0.213. The number of amides is 1. The summed E-state index contributed by atoms with van der Waals surface area (Å²) in [5.74, 6) is 1.05. The van der Waals surface area contributed by atoms with Gasteiger partial charge in [-0.15, -0.1) is 0 Å². The van der Waals surface area contributed by atoms with Crippen LogP contribution in [0.2, 0.25) is 0 Å². The van der Waals surface area contributed by atoms with E-state index in [9.17, 15) is 4.79 Å². The highest BCUT2D eigenvalue weighted by molar-refractivity contribution is 5.98. The molecule has 1 spiro atoms. The van der Waals surface area contributed by atoms with Gasteiger partial charge in [0.25, 0.3) is 5.91 Å². The summed E-state index contributed by atoms with van der Waals surface area (Å²) in [4.78, 5) is 28.9. The molecule has 2 aliphatic rings. The van der Waals surface area contributed by atoms with Gasteiger partial charge in [0.15, 0.2) is 0 Å². The second-order valence-corrected chi connectivity index (χ2v) is 9.38. The molecule has 2 fully saturated rings. The number of aryl methyl sites for hydroxylation is 2. The summed E-state index contributed by atoms with van der Waals surface area (Å²) in [5, 5.41) is 6.35. The van der Waals surface area contributed by atoms with E-state index in [0.29, 0.717) is 35.8 Å². The van der Waals surface area contributed by atoms with Gasteiger partial charge in [-0.3, -0.25) is 9.78 Å². The number of hydrogen-bond donors (Lipinski definition) is 2. The molecule has 0 unspecified atom stereocenters. The van der Waals surface area contributed by atoms with Crippen molar-refractivity contribution in [3.63, 3.8) is 0 Å². The second kappa shape index (κ2) is 8.81. The number of aromatic nitrogens is 3. The van der Waals surface area contributed by atoms with E-state index in [1.165, 1.54) is 30.4 Å². The number of anilines is 2. The maximum atomic E-state index is 13.0. The van der Waals surface area contributed by atoms with Crippen molar-refractivity contribution in [2.75, 3.05) is 23.3 Å². The highest BCUT2D eigenvalue weighted by Gasteiger charge is 2.48. The molecule has 2 aromatic heterocycles. The second-order valence-electron chi connectivity index (χ2n) is 9.38. The number of carbonyl (C=O) groups excluding carboxylic acids is 1. The van der Waals surface area contributed by atoms with Crippen LogP contribution in [0, 0.1) is 19.3 Å². The summed E-state index contributed by atoms with van der Waals surface area (Å²) in [6.07, 6.45) is 7.17. The molecule has 3 aromatic rings. The molecule has 1 saturated heterocycles. The first-order chi connectivity index (χ1) is 16.0. The Morgan fingerprint density at radius 1 is 1.06 bits per heavy atom. The van der Waals surface area contributed by atoms with Crippen molar-refractivity contribution in [2.45, 2.75) is 46.2 Å². The van der Waals surface area contributed by atoms with Crippen LogP contribution in [0.5, 0.6) is 0 Å². The van der Waals surface area contributed by atoms with Crippen LogP contribution < -0.4 is 15.5 Å². The van der Waals surface area contributed by atoms with Crippen LogP contribution >= 0.6 is 0 Å². The van der Waals surface area contributed by atoms with Gasteiger partial charge in [-0.2, -0.15) is 4.98 Å². The number of nitrogens with one attached hydrogen (secondary N) is 2. The van der Waals surface area contributed by atoms with E-state index in [0.717, 1.165) is 24.3 Å². The van der Waals surface area contributed by atoms with Gasteiger partial charge < -0.3 is 15.5 Å². The lowest BCUT2D eigenvalue weighted by Gasteiger charge is -2.19. The molecule has 3 heterocycles. The predicted molar refractivity (Wildman–Crippen MR) is 129 cm³/mol. The van der Waals surface area contributed by atoms with E-state index in [1.807, 2.05) is 18.2 Å². The van der Waals surface area contributed by atoms with Crippen LogP contribution in [-0.2, 0) is 13.1 Å². The number of rotatable bonds is 7. The fourth-order valence-corrected chi connectivity index (χ4v) is 4.38. The Morgan fingerprint density at radius 3 is 2.67 bits per heavy atom. The van der Waals surface area contributed by atoms with Crippen molar-refractivity contribution in [3.8, 4) is 0 Å². The molecule has 0 atom stereocenters.